The highest BCUT2D eigenvalue weighted by molar-refractivity contribution is 6.03. The normalized spacial score (nSPS) is 10.7. The lowest BCUT2D eigenvalue weighted by molar-refractivity contribution is 0.0528. The molecule has 0 aliphatic carbocycles. The summed E-state index contributed by atoms with van der Waals surface area (Å²) < 4.78 is 19.8. The molecule has 2 aromatic rings. The minimum atomic E-state index is -0.462. The number of aryl methyl sites for hydroxylation is 1. The van der Waals surface area contributed by atoms with E-state index in [9.17, 15) is 9.18 Å². The second-order valence-electron chi connectivity index (χ2n) is 3.35. The van der Waals surface area contributed by atoms with Crippen LogP contribution in [0, 0.1) is 5.82 Å². The van der Waals surface area contributed by atoms with Crippen molar-refractivity contribution in [3.8, 4) is 0 Å². The van der Waals surface area contributed by atoms with Crippen LogP contribution in [0.3, 0.4) is 0 Å². The first-order chi connectivity index (χ1) is 7.65. The van der Waals surface area contributed by atoms with Crippen molar-refractivity contribution in [3.05, 3.63) is 29.7 Å². The van der Waals surface area contributed by atoms with E-state index in [1.54, 1.807) is 14.0 Å². The van der Waals surface area contributed by atoms with Crippen LogP contribution in [-0.2, 0) is 11.8 Å². The lowest BCUT2D eigenvalue weighted by Crippen LogP contribution is -2.07. The van der Waals surface area contributed by atoms with E-state index in [4.69, 9.17) is 4.74 Å². The van der Waals surface area contributed by atoms with Crippen molar-refractivity contribution in [3.63, 3.8) is 0 Å². The third kappa shape index (κ3) is 1.54. The standard InChI is InChI=1S/C11H11FN2O2/c1-3-16-11(15)7-4-5-9(12)8-6-13-14(2)10(7)8/h4-6H,3H2,1-2H3. The average Bonchev–Trinajstić information content (AvgIpc) is 2.63. The Kier molecular flexibility index (Phi) is 2.60. The zero-order valence-corrected chi connectivity index (χ0v) is 9.03. The number of hydrogen-bond acceptors (Lipinski definition) is 3. The number of aromatic nitrogens is 2. The summed E-state index contributed by atoms with van der Waals surface area (Å²) >= 11 is 0. The molecular formula is C11H11FN2O2. The number of benzene rings is 1. The Hall–Kier alpha value is -1.91. The van der Waals surface area contributed by atoms with E-state index in [1.807, 2.05) is 0 Å². The first-order valence-corrected chi connectivity index (χ1v) is 4.92. The first kappa shape index (κ1) is 10.6. The maximum absolute atomic E-state index is 13.4. The van der Waals surface area contributed by atoms with E-state index in [1.165, 1.54) is 23.0 Å². The topological polar surface area (TPSA) is 44.1 Å². The van der Waals surface area contributed by atoms with Crippen LogP contribution in [0.4, 0.5) is 4.39 Å². The number of esters is 1. The summed E-state index contributed by atoms with van der Waals surface area (Å²) in [6.07, 6.45) is 1.40. The highest BCUT2D eigenvalue weighted by Gasteiger charge is 2.16. The van der Waals surface area contributed by atoms with Gasteiger partial charge in [0.05, 0.1) is 29.3 Å². The second kappa shape index (κ2) is 3.92. The summed E-state index contributed by atoms with van der Waals surface area (Å²) in [4.78, 5) is 11.6. The van der Waals surface area contributed by atoms with Crippen molar-refractivity contribution >= 4 is 16.9 Å². The number of nitrogens with zero attached hydrogens (tertiary/aromatic N) is 2. The number of rotatable bonds is 2. The Labute approximate surface area is 91.6 Å². The summed E-state index contributed by atoms with van der Waals surface area (Å²) in [5.74, 6) is -0.854. The fourth-order valence-corrected chi connectivity index (χ4v) is 1.63. The quantitative estimate of drug-likeness (QED) is 0.729. The molecule has 0 fully saturated rings. The molecule has 0 aliphatic heterocycles. The van der Waals surface area contributed by atoms with Crippen molar-refractivity contribution < 1.29 is 13.9 Å². The van der Waals surface area contributed by atoms with Gasteiger partial charge in [-0.1, -0.05) is 0 Å². The van der Waals surface area contributed by atoms with Gasteiger partial charge in [-0.05, 0) is 19.1 Å². The van der Waals surface area contributed by atoms with Crippen molar-refractivity contribution in [2.75, 3.05) is 6.61 Å². The van der Waals surface area contributed by atoms with Crippen molar-refractivity contribution in [2.24, 2.45) is 7.05 Å². The number of carbonyl (C=O) groups excluding carboxylic acids is 1. The van der Waals surface area contributed by atoms with Crippen LogP contribution in [-0.4, -0.2) is 22.4 Å². The van der Waals surface area contributed by atoms with E-state index in [0.717, 1.165) is 0 Å². The van der Waals surface area contributed by atoms with Gasteiger partial charge in [0, 0.05) is 7.05 Å². The molecule has 0 aliphatic rings. The van der Waals surface area contributed by atoms with Gasteiger partial charge in [-0.3, -0.25) is 4.68 Å². The molecular weight excluding hydrogens is 211 g/mol. The summed E-state index contributed by atoms with van der Waals surface area (Å²) in [6.45, 7) is 2.01. The maximum Gasteiger partial charge on any atom is 0.340 e. The van der Waals surface area contributed by atoms with Gasteiger partial charge in [0.1, 0.15) is 5.82 Å². The lowest BCUT2D eigenvalue weighted by Gasteiger charge is -2.05. The molecule has 5 heteroatoms. The van der Waals surface area contributed by atoms with Crippen LogP contribution in [0.2, 0.25) is 0 Å². The SMILES string of the molecule is CCOC(=O)c1ccc(F)c2cnn(C)c12. The number of ether oxygens (including phenoxy) is 1. The lowest BCUT2D eigenvalue weighted by atomic mass is 10.1. The highest BCUT2D eigenvalue weighted by atomic mass is 19.1. The summed E-state index contributed by atoms with van der Waals surface area (Å²) in [5, 5.41) is 4.26. The Morgan fingerprint density at radius 1 is 1.56 bits per heavy atom. The van der Waals surface area contributed by atoms with Gasteiger partial charge in [0.25, 0.3) is 0 Å². The van der Waals surface area contributed by atoms with Gasteiger partial charge >= 0.3 is 5.97 Å². The maximum atomic E-state index is 13.4. The molecule has 1 aromatic carbocycles. The van der Waals surface area contributed by atoms with Gasteiger partial charge < -0.3 is 4.74 Å². The molecule has 0 spiro atoms. The smallest absolute Gasteiger partial charge is 0.340 e. The zero-order valence-electron chi connectivity index (χ0n) is 9.03. The Morgan fingerprint density at radius 2 is 2.31 bits per heavy atom. The van der Waals surface area contributed by atoms with Gasteiger partial charge in [-0.15, -0.1) is 0 Å². The molecule has 1 aromatic heterocycles. The van der Waals surface area contributed by atoms with Crippen LogP contribution in [0.25, 0.3) is 10.9 Å². The fraction of sp³-hybridized carbons (Fsp3) is 0.273. The molecule has 0 unspecified atom stereocenters. The van der Waals surface area contributed by atoms with Crippen LogP contribution in [0.1, 0.15) is 17.3 Å². The van der Waals surface area contributed by atoms with Crippen LogP contribution < -0.4 is 0 Å². The monoisotopic (exact) mass is 222 g/mol. The predicted octanol–water partition coefficient (Wildman–Crippen LogP) is 1.89. The van der Waals surface area contributed by atoms with Crippen molar-refractivity contribution in [1.29, 1.82) is 0 Å². The molecule has 0 radical (unpaired) electrons. The molecule has 0 saturated carbocycles. The average molecular weight is 222 g/mol. The third-order valence-corrected chi connectivity index (χ3v) is 2.34. The molecule has 1 heterocycles. The number of halogens is 1. The molecule has 0 saturated heterocycles. The largest absolute Gasteiger partial charge is 0.462 e. The van der Waals surface area contributed by atoms with Gasteiger partial charge in [-0.2, -0.15) is 5.10 Å². The zero-order chi connectivity index (χ0) is 11.7. The molecule has 2 rings (SSSR count). The Balaban J connectivity index is 2.66. The molecule has 4 nitrogen and oxygen atoms in total. The minimum Gasteiger partial charge on any atom is -0.462 e. The van der Waals surface area contributed by atoms with Crippen molar-refractivity contribution in [1.82, 2.24) is 9.78 Å². The Morgan fingerprint density at radius 3 is 3.00 bits per heavy atom. The first-order valence-electron chi connectivity index (χ1n) is 4.92. The van der Waals surface area contributed by atoms with Crippen LogP contribution in [0.5, 0.6) is 0 Å². The molecule has 84 valence electrons. The fourth-order valence-electron chi connectivity index (χ4n) is 1.63. The Bertz CT molecular complexity index is 548. The molecule has 16 heavy (non-hydrogen) atoms. The van der Waals surface area contributed by atoms with E-state index >= 15 is 0 Å². The predicted molar refractivity (Wildman–Crippen MR) is 56.6 cm³/mol. The van der Waals surface area contributed by atoms with Crippen LogP contribution in [0.15, 0.2) is 18.3 Å². The summed E-state index contributed by atoms with van der Waals surface area (Å²) in [5.41, 5.74) is 0.789. The van der Waals surface area contributed by atoms with E-state index in [-0.39, 0.29) is 6.61 Å². The number of hydrogen-bond donors (Lipinski definition) is 0. The second-order valence-corrected chi connectivity index (χ2v) is 3.35. The van der Waals surface area contributed by atoms with E-state index < -0.39 is 11.8 Å². The molecule has 0 bridgehead atoms. The minimum absolute atomic E-state index is 0.287. The summed E-state index contributed by atoms with van der Waals surface area (Å²) in [7, 11) is 1.66. The number of carbonyl (C=O) groups is 1. The van der Waals surface area contributed by atoms with Gasteiger partial charge in [-0.25, -0.2) is 9.18 Å². The van der Waals surface area contributed by atoms with Crippen molar-refractivity contribution in [2.45, 2.75) is 6.92 Å². The number of fused-ring (bicyclic) bond motifs is 1. The van der Waals surface area contributed by atoms with E-state index in [2.05, 4.69) is 5.10 Å². The molecule has 0 amide bonds. The van der Waals surface area contributed by atoms with Gasteiger partial charge in [0.15, 0.2) is 0 Å². The summed E-state index contributed by atoms with van der Waals surface area (Å²) in [6, 6.07) is 2.66. The third-order valence-electron chi connectivity index (χ3n) is 2.34. The van der Waals surface area contributed by atoms with Gasteiger partial charge in [0.2, 0.25) is 0 Å². The van der Waals surface area contributed by atoms with Crippen LogP contribution >= 0.6 is 0 Å². The molecule has 0 N–H and O–H groups in total. The molecule has 0 atom stereocenters. The van der Waals surface area contributed by atoms with E-state index in [0.29, 0.717) is 16.5 Å². The highest BCUT2D eigenvalue weighted by Crippen LogP contribution is 2.21.